The van der Waals surface area contributed by atoms with Crippen molar-refractivity contribution in [3.63, 3.8) is 0 Å². The van der Waals surface area contributed by atoms with Gasteiger partial charge in [-0.05, 0) is 11.6 Å². The van der Waals surface area contributed by atoms with E-state index in [4.69, 9.17) is 28.4 Å². The third-order valence-corrected chi connectivity index (χ3v) is 2.04. The molecule has 0 spiro atoms. The molecular weight excluding hydrogens is 201 g/mol. The standard InChI is InChI=1S/C7H6Cl2NO2/c8-4-5-1-2-6(10(11)12)3-7(5)9/h1-3H,4H2,(H,11,12)/q+1. The molecule has 1 N–H and O–H groups in total. The lowest BCUT2D eigenvalue weighted by atomic mass is 10.2. The normalized spacial score (nSPS) is 9.83. The van der Waals surface area contributed by atoms with Crippen LogP contribution in [0.25, 0.3) is 0 Å². The smallest absolute Gasteiger partial charge is 0.241 e. The quantitative estimate of drug-likeness (QED) is 0.598. The summed E-state index contributed by atoms with van der Waals surface area (Å²) < 4.78 is 0. The van der Waals surface area contributed by atoms with Gasteiger partial charge in [-0.15, -0.1) is 11.6 Å². The lowest BCUT2D eigenvalue weighted by molar-refractivity contribution is -0.729. The van der Waals surface area contributed by atoms with Gasteiger partial charge in [0.2, 0.25) is 0 Å². The van der Waals surface area contributed by atoms with Crippen LogP contribution >= 0.6 is 23.2 Å². The Hall–Kier alpha value is -0.800. The molecule has 0 aliphatic heterocycles. The van der Waals surface area contributed by atoms with Gasteiger partial charge in [0.1, 0.15) is 0 Å². The van der Waals surface area contributed by atoms with Gasteiger partial charge in [-0.3, -0.25) is 0 Å². The fourth-order valence-electron chi connectivity index (χ4n) is 0.764. The van der Waals surface area contributed by atoms with Gasteiger partial charge >= 0.3 is 5.69 Å². The summed E-state index contributed by atoms with van der Waals surface area (Å²) in [5, 5.41) is 8.87. The molecule has 0 radical (unpaired) electrons. The third kappa shape index (κ3) is 1.87. The fourth-order valence-corrected chi connectivity index (χ4v) is 1.31. The minimum Gasteiger partial charge on any atom is -0.241 e. The van der Waals surface area contributed by atoms with Crippen molar-refractivity contribution in [3.8, 4) is 0 Å². The topological polar surface area (TPSA) is 40.3 Å². The number of halogens is 2. The predicted molar refractivity (Wildman–Crippen MR) is 46.1 cm³/mol. The first kappa shape index (κ1) is 9.29. The number of hydrogen-bond donors (Lipinski definition) is 1. The third-order valence-electron chi connectivity index (χ3n) is 1.40. The number of hydrogen-bond acceptors (Lipinski definition) is 1. The first-order chi connectivity index (χ1) is 5.65. The average Bonchev–Trinajstić information content (AvgIpc) is 2.04. The maximum absolute atomic E-state index is 10.4. The summed E-state index contributed by atoms with van der Waals surface area (Å²) in [4.78, 5) is 10.1. The lowest BCUT2D eigenvalue weighted by Crippen LogP contribution is -1.92. The van der Waals surface area contributed by atoms with Crippen LogP contribution in [0.15, 0.2) is 18.2 Å². The van der Waals surface area contributed by atoms with Crippen LogP contribution in [-0.2, 0) is 5.88 Å². The molecule has 1 rings (SSSR count). The zero-order chi connectivity index (χ0) is 9.14. The van der Waals surface area contributed by atoms with Crippen LogP contribution in [0.5, 0.6) is 0 Å². The van der Waals surface area contributed by atoms with E-state index in [0.29, 0.717) is 5.02 Å². The highest BCUT2D eigenvalue weighted by atomic mass is 35.5. The molecule has 1 aromatic carbocycles. The summed E-state index contributed by atoms with van der Waals surface area (Å²) >= 11 is 11.2. The summed E-state index contributed by atoms with van der Waals surface area (Å²) in [5.41, 5.74) is 0.817. The van der Waals surface area contributed by atoms with Crippen molar-refractivity contribution < 1.29 is 10.1 Å². The van der Waals surface area contributed by atoms with Gasteiger partial charge in [0.25, 0.3) is 4.92 Å². The Morgan fingerprint density at radius 1 is 1.50 bits per heavy atom. The van der Waals surface area contributed by atoms with E-state index in [1.165, 1.54) is 12.1 Å². The van der Waals surface area contributed by atoms with Crippen LogP contribution in [0.3, 0.4) is 0 Å². The molecule has 3 nitrogen and oxygen atoms in total. The molecule has 1 aromatic rings. The Bertz CT molecular complexity index is 314. The van der Waals surface area contributed by atoms with Gasteiger partial charge in [-0.25, -0.2) is 5.21 Å². The molecule has 0 saturated carbocycles. The van der Waals surface area contributed by atoms with E-state index < -0.39 is 0 Å². The van der Waals surface area contributed by atoms with E-state index >= 15 is 0 Å². The summed E-state index contributed by atoms with van der Waals surface area (Å²) in [7, 11) is 0. The highest BCUT2D eigenvalue weighted by Gasteiger charge is 2.12. The molecule has 0 unspecified atom stereocenters. The van der Waals surface area contributed by atoms with Crippen molar-refractivity contribution >= 4 is 28.9 Å². The average molecular weight is 207 g/mol. The van der Waals surface area contributed by atoms with Crippen molar-refractivity contribution in [2.24, 2.45) is 0 Å². The van der Waals surface area contributed by atoms with Gasteiger partial charge in [0, 0.05) is 18.0 Å². The van der Waals surface area contributed by atoms with Crippen molar-refractivity contribution in [1.29, 1.82) is 0 Å². The molecule has 0 aliphatic carbocycles. The minimum absolute atomic E-state index is 0.0915. The SMILES string of the molecule is O=[N+](O)c1ccc(CCl)c(Cl)c1. The molecular formula is C7H6Cl2NO2+. The molecule has 12 heavy (non-hydrogen) atoms. The number of alkyl halides is 1. The van der Waals surface area contributed by atoms with Gasteiger partial charge < -0.3 is 0 Å². The summed E-state index contributed by atoms with van der Waals surface area (Å²) in [6, 6.07) is 4.38. The zero-order valence-corrected chi connectivity index (χ0v) is 7.51. The van der Waals surface area contributed by atoms with Gasteiger partial charge in [0.05, 0.1) is 9.93 Å². The van der Waals surface area contributed by atoms with Gasteiger partial charge in [-0.2, -0.15) is 0 Å². The van der Waals surface area contributed by atoms with Gasteiger partial charge in [0.15, 0.2) is 0 Å². The fraction of sp³-hybridized carbons (Fsp3) is 0.143. The minimum atomic E-state index is -0.246. The van der Waals surface area contributed by atoms with Crippen LogP contribution in [0.2, 0.25) is 5.02 Å². The second kappa shape index (κ2) is 3.74. The molecule has 5 heteroatoms. The Balaban J connectivity index is 3.10. The predicted octanol–water partition coefficient (Wildman–Crippen LogP) is 2.88. The molecule has 0 bridgehead atoms. The van der Waals surface area contributed by atoms with Crippen molar-refractivity contribution in [3.05, 3.63) is 33.7 Å². The van der Waals surface area contributed by atoms with E-state index in [0.717, 1.165) is 5.56 Å². The van der Waals surface area contributed by atoms with E-state index in [2.05, 4.69) is 0 Å². The maximum atomic E-state index is 10.4. The molecule has 64 valence electrons. The molecule has 0 heterocycles. The largest absolute Gasteiger partial charge is 0.318 e. The Morgan fingerprint density at radius 2 is 2.17 bits per heavy atom. The van der Waals surface area contributed by atoms with Crippen LogP contribution in [-0.4, -0.2) is 10.1 Å². The molecule has 0 atom stereocenters. The van der Waals surface area contributed by atoms with Crippen LogP contribution in [0.1, 0.15) is 5.56 Å². The van der Waals surface area contributed by atoms with Crippen LogP contribution in [0, 0.1) is 4.91 Å². The van der Waals surface area contributed by atoms with Crippen molar-refractivity contribution in [2.75, 3.05) is 0 Å². The maximum Gasteiger partial charge on any atom is 0.318 e. The van der Waals surface area contributed by atoms with E-state index in [9.17, 15) is 4.91 Å². The van der Waals surface area contributed by atoms with Crippen molar-refractivity contribution in [1.82, 2.24) is 0 Å². The van der Waals surface area contributed by atoms with Crippen molar-refractivity contribution in [2.45, 2.75) is 5.88 Å². The summed E-state index contributed by atoms with van der Waals surface area (Å²) in [6.45, 7) is 0. The van der Waals surface area contributed by atoms with E-state index in [1.54, 1.807) is 6.07 Å². The van der Waals surface area contributed by atoms with E-state index in [-0.39, 0.29) is 16.5 Å². The summed E-state index contributed by atoms with van der Waals surface area (Å²) in [6.07, 6.45) is 0. The number of nitrogens with zero attached hydrogens (tertiary/aromatic N) is 1. The molecule has 0 amide bonds. The second-order valence-corrected chi connectivity index (χ2v) is 2.86. The molecule has 0 aliphatic rings. The van der Waals surface area contributed by atoms with Crippen LogP contribution < -0.4 is 0 Å². The first-order valence-electron chi connectivity index (χ1n) is 3.15. The lowest BCUT2D eigenvalue weighted by Gasteiger charge is -1.95. The highest BCUT2D eigenvalue weighted by Crippen LogP contribution is 2.23. The number of rotatable bonds is 2. The Labute approximate surface area is 79.1 Å². The monoisotopic (exact) mass is 206 g/mol. The second-order valence-electron chi connectivity index (χ2n) is 2.18. The first-order valence-corrected chi connectivity index (χ1v) is 4.07. The van der Waals surface area contributed by atoms with Crippen LogP contribution in [0.4, 0.5) is 5.69 Å². The molecule has 0 saturated heterocycles. The highest BCUT2D eigenvalue weighted by molar-refractivity contribution is 6.32. The number of benzene rings is 1. The van der Waals surface area contributed by atoms with Gasteiger partial charge in [-0.1, -0.05) is 11.6 Å². The molecule has 0 aromatic heterocycles. The summed E-state index contributed by atoms with van der Waals surface area (Å²) in [5.74, 6) is 0.281. The Kier molecular flexibility index (Phi) is 2.89. The zero-order valence-electron chi connectivity index (χ0n) is 6.00. The van der Waals surface area contributed by atoms with E-state index in [1.807, 2.05) is 0 Å². The Morgan fingerprint density at radius 3 is 2.58 bits per heavy atom. The molecule has 0 fully saturated rings.